The van der Waals surface area contributed by atoms with E-state index >= 15 is 0 Å². The fraction of sp³-hybridized carbons (Fsp3) is 0.538. The van der Waals surface area contributed by atoms with Crippen LogP contribution in [0.3, 0.4) is 0 Å². The molecule has 0 heterocycles. The average molecular weight is 220 g/mol. The zero-order valence-corrected chi connectivity index (χ0v) is 10.0. The van der Waals surface area contributed by atoms with Gasteiger partial charge in [-0.05, 0) is 24.5 Å². The van der Waals surface area contributed by atoms with E-state index in [1.54, 1.807) is 20.8 Å². The number of Topliss-reactive ketones (excluding diaryl/α,β-unsaturated/α-hetero) is 1. The number of rotatable bonds is 0. The quantitative estimate of drug-likeness (QED) is 0.494. The van der Waals surface area contributed by atoms with Crippen LogP contribution in [0.2, 0.25) is 0 Å². The van der Waals surface area contributed by atoms with Crippen molar-refractivity contribution in [2.45, 2.75) is 39.7 Å². The molecule has 1 aliphatic carbocycles. The fourth-order valence-corrected chi connectivity index (χ4v) is 1.94. The Morgan fingerprint density at radius 3 is 2.50 bits per heavy atom. The number of hydrogen-bond donors (Lipinski definition) is 1. The van der Waals surface area contributed by atoms with Gasteiger partial charge in [0.15, 0.2) is 11.4 Å². The van der Waals surface area contributed by atoms with E-state index in [9.17, 15) is 14.7 Å². The van der Waals surface area contributed by atoms with Gasteiger partial charge in [0.2, 0.25) is 5.78 Å². The topological polar surface area (TPSA) is 54.4 Å². The minimum Gasteiger partial charge on any atom is -0.373 e. The van der Waals surface area contributed by atoms with E-state index in [0.29, 0.717) is 5.57 Å². The summed E-state index contributed by atoms with van der Waals surface area (Å²) in [6, 6.07) is 0. The molecular formula is C13H16O3. The van der Waals surface area contributed by atoms with Crippen molar-refractivity contribution in [1.82, 2.24) is 0 Å². The van der Waals surface area contributed by atoms with Crippen LogP contribution < -0.4 is 0 Å². The van der Waals surface area contributed by atoms with Gasteiger partial charge in [0.1, 0.15) is 0 Å². The van der Waals surface area contributed by atoms with E-state index in [-0.39, 0.29) is 18.0 Å². The van der Waals surface area contributed by atoms with Gasteiger partial charge in [0.05, 0.1) is 0 Å². The highest BCUT2D eigenvalue weighted by Gasteiger charge is 2.47. The van der Waals surface area contributed by atoms with Crippen molar-refractivity contribution in [3.63, 3.8) is 0 Å². The predicted molar refractivity (Wildman–Crippen MR) is 60.6 cm³/mol. The first-order chi connectivity index (χ1) is 7.19. The highest BCUT2D eigenvalue weighted by molar-refractivity contribution is 5.95. The molecule has 0 aromatic carbocycles. The van der Waals surface area contributed by atoms with Gasteiger partial charge in [0.25, 0.3) is 0 Å². The maximum atomic E-state index is 11.4. The molecule has 1 rings (SSSR count). The second-order valence-corrected chi connectivity index (χ2v) is 4.87. The molecule has 0 radical (unpaired) electrons. The van der Waals surface area contributed by atoms with E-state index < -0.39 is 11.0 Å². The molecule has 0 spiro atoms. The monoisotopic (exact) mass is 220 g/mol. The first-order valence-electron chi connectivity index (χ1n) is 5.17. The van der Waals surface area contributed by atoms with E-state index in [1.165, 1.54) is 13.0 Å². The van der Waals surface area contributed by atoms with E-state index in [0.717, 1.165) is 0 Å². The molecule has 1 aliphatic rings. The van der Waals surface area contributed by atoms with Crippen LogP contribution >= 0.6 is 0 Å². The normalized spacial score (nSPS) is 27.8. The molecule has 1 atom stereocenters. The van der Waals surface area contributed by atoms with Gasteiger partial charge in [-0.1, -0.05) is 19.8 Å². The van der Waals surface area contributed by atoms with Crippen LogP contribution in [-0.4, -0.2) is 22.3 Å². The van der Waals surface area contributed by atoms with Crippen LogP contribution in [0.5, 0.6) is 0 Å². The van der Waals surface area contributed by atoms with Crippen molar-refractivity contribution in [1.29, 1.82) is 0 Å². The van der Waals surface area contributed by atoms with E-state index in [1.807, 2.05) is 0 Å². The van der Waals surface area contributed by atoms with Crippen molar-refractivity contribution in [2.24, 2.45) is 5.41 Å². The fourth-order valence-electron chi connectivity index (χ4n) is 1.94. The number of hydrogen-bond acceptors (Lipinski definition) is 3. The van der Waals surface area contributed by atoms with Crippen molar-refractivity contribution >= 4 is 11.6 Å². The van der Waals surface area contributed by atoms with Gasteiger partial charge >= 0.3 is 0 Å². The Labute approximate surface area is 95.5 Å². The van der Waals surface area contributed by atoms with Gasteiger partial charge in [0, 0.05) is 18.8 Å². The molecule has 0 saturated heterocycles. The summed E-state index contributed by atoms with van der Waals surface area (Å²) in [5.41, 5.74) is -1.57. The molecule has 3 heteroatoms. The Hall–Kier alpha value is -1.40. The summed E-state index contributed by atoms with van der Waals surface area (Å²) >= 11 is 0. The highest BCUT2D eigenvalue weighted by atomic mass is 16.3. The molecule has 0 aliphatic heterocycles. The SMILES string of the molecule is CC(=O)C#CC1(O)C(C)=CC(=O)CC1(C)C. The molecule has 0 amide bonds. The zero-order chi connectivity index (χ0) is 12.6. The molecule has 0 aromatic heterocycles. The largest absolute Gasteiger partial charge is 0.373 e. The van der Waals surface area contributed by atoms with Crippen LogP contribution in [0.1, 0.15) is 34.1 Å². The summed E-state index contributed by atoms with van der Waals surface area (Å²) in [5.74, 6) is 4.64. The maximum Gasteiger partial charge on any atom is 0.202 e. The Bertz CT molecular complexity index is 432. The zero-order valence-electron chi connectivity index (χ0n) is 10.0. The molecule has 3 nitrogen and oxygen atoms in total. The van der Waals surface area contributed by atoms with Gasteiger partial charge < -0.3 is 5.11 Å². The summed E-state index contributed by atoms with van der Waals surface area (Å²) < 4.78 is 0. The lowest BCUT2D eigenvalue weighted by molar-refractivity contribution is -0.121. The Kier molecular flexibility index (Phi) is 3.07. The maximum absolute atomic E-state index is 11.4. The molecule has 86 valence electrons. The average Bonchev–Trinajstić information content (AvgIpc) is 2.10. The lowest BCUT2D eigenvalue weighted by Gasteiger charge is -2.41. The standard InChI is InChI=1S/C13H16O3/c1-9-7-11(15)8-12(3,4)13(9,16)6-5-10(2)14/h7,16H,8H2,1-4H3. The third-order valence-corrected chi connectivity index (χ3v) is 2.96. The van der Waals surface area contributed by atoms with Crippen LogP contribution in [0.4, 0.5) is 0 Å². The summed E-state index contributed by atoms with van der Waals surface area (Å²) in [5, 5.41) is 10.5. The number of ketones is 2. The molecule has 1 N–H and O–H groups in total. The van der Waals surface area contributed by atoms with Crippen molar-refractivity contribution in [3.8, 4) is 11.8 Å². The molecule has 16 heavy (non-hydrogen) atoms. The molecule has 0 bridgehead atoms. The highest BCUT2D eigenvalue weighted by Crippen LogP contribution is 2.42. The first-order valence-corrected chi connectivity index (χ1v) is 5.17. The Morgan fingerprint density at radius 1 is 1.50 bits per heavy atom. The summed E-state index contributed by atoms with van der Waals surface area (Å²) in [6.45, 7) is 6.55. The van der Waals surface area contributed by atoms with Crippen LogP contribution in [0.15, 0.2) is 11.6 Å². The summed E-state index contributed by atoms with van der Waals surface area (Å²) in [4.78, 5) is 22.3. The molecular weight excluding hydrogens is 204 g/mol. The minimum absolute atomic E-state index is 0.0169. The van der Waals surface area contributed by atoms with Gasteiger partial charge in [-0.3, -0.25) is 9.59 Å². The Morgan fingerprint density at radius 2 is 2.06 bits per heavy atom. The van der Waals surface area contributed by atoms with Crippen LogP contribution in [-0.2, 0) is 9.59 Å². The Balaban J connectivity index is 3.29. The van der Waals surface area contributed by atoms with Crippen molar-refractivity contribution < 1.29 is 14.7 Å². The lowest BCUT2D eigenvalue weighted by atomic mass is 9.65. The van der Waals surface area contributed by atoms with Gasteiger partial charge in [-0.15, -0.1) is 0 Å². The smallest absolute Gasteiger partial charge is 0.202 e. The summed E-state index contributed by atoms with van der Waals surface area (Å²) in [7, 11) is 0. The molecule has 0 fully saturated rings. The van der Waals surface area contributed by atoms with E-state index in [4.69, 9.17) is 0 Å². The number of allylic oxidation sites excluding steroid dienone is 1. The second-order valence-electron chi connectivity index (χ2n) is 4.87. The number of carbonyl (C=O) groups excluding carboxylic acids is 2. The van der Waals surface area contributed by atoms with Crippen molar-refractivity contribution in [2.75, 3.05) is 0 Å². The third kappa shape index (κ3) is 2.07. The second kappa shape index (κ2) is 3.88. The minimum atomic E-state index is -1.40. The van der Waals surface area contributed by atoms with Crippen LogP contribution in [0.25, 0.3) is 0 Å². The molecule has 0 saturated carbocycles. The number of aliphatic hydroxyl groups is 1. The van der Waals surface area contributed by atoms with Gasteiger partial charge in [-0.25, -0.2) is 0 Å². The molecule has 1 unspecified atom stereocenters. The molecule has 0 aromatic rings. The third-order valence-electron chi connectivity index (χ3n) is 2.96. The first kappa shape index (κ1) is 12.7. The van der Waals surface area contributed by atoms with Crippen LogP contribution in [0, 0.1) is 17.3 Å². The van der Waals surface area contributed by atoms with E-state index in [2.05, 4.69) is 11.8 Å². The lowest BCUT2D eigenvalue weighted by Crippen LogP contribution is -2.48. The van der Waals surface area contributed by atoms with Gasteiger partial charge in [-0.2, -0.15) is 0 Å². The summed E-state index contributed by atoms with van der Waals surface area (Å²) in [6.07, 6.45) is 1.63. The number of carbonyl (C=O) groups is 2. The predicted octanol–water partition coefficient (Wildman–Crippen LogP) is 1.26. The van der Waals surface area contributed by atoms with Crippen molar-refractivity contribution in [3.05, 3.63) is 11.6 Å².